The highest BCUT2D eigenvalue weighted by Gasteiger charge is 2.19. The number of anilines is 4. The Labute approximate surface area is 162 Å². The van der Waals surface area contributed by atoms with Crippen LogP contribution in [0.25, 0.3) is 0 Å². The van der Waals surface area contributed by atoms with Gasteiger partial charge in [0.1, 0.15) is 0 Å². The first-order chi connectivity index (χ1) is 13.8. The Morgan fingerprint density at radius 3 is 2.50 bits per heavy atom. The quantitative estimate of drug-likeness (QED) is 0.745. The van der Waals surface area contributed by atoms with E-state index < -0.39 is 0 Å². The Bertz CT molecular complexity index is 960. The van der Waals surface area contributed by atoms with Crippen LogP contribution in [0, 0.1) is 0 Å². The summed E-state index contributed by atoms with van der Waals surface area (Å²) in [6.45, 7) is 3.91. The lowest BCUT2D eigenvalue weighted by molar-refractivity contribution is 0.174. The van der Waals surface area contributed by atoms with Gasteiger partial charge in [-0.1, -0.05) is 18.2 Å². The molecule has 0 radical (unpaired) electrons. The van der Waals surface area contributed by atoms with Crippen molar-refractivity contribution in [2.45, 2.75) is 0 Å². The van der Waals surface area contributed by atoms with Crippen molar-refractivity contribution in [1.82, 2.24) is 15.2 Å². The number of benzene rings is 2. The molecule has 0 saturated carbocycles. The van der Waals surface area contributed by atoms with E-state index >= 15 is 0 Å². The van der Waals surface area contributed by atoms with Gasteiger partial charge >= 0.3 is 0 Å². The predicted octanol–water partition coefficient (Wildman–Crippen LogP) is 2.67. The fraction of sp³-hybridized carbons (Fsp3) is 0.250. The van der Waals surface area contributed by atoms with Crippen molar-refractivity contribution < 1.29 is 9.47 Å². The zero-order valence-corrected chi connectivity index (χ0v) is 15.3. The molecule has 0 unspecified atom stereocenters. The SMILES string of the molecule is c1ccc(N2CCN(c3cnnc(Nc4ccc5c(c4)OCO5)n3)CC2)cc1. The van der Waals surface area contributed by atoms with Crippen molar-refractivity contribution in [1.29, 1.82) is 0 Å². The standard InChI is InChI=1S/C20H20N6O2/c1-2-4-16(5-3-1)25-8-10-26(11-9-25)19-13-21-24-20(23-19)22-15-6-7-17-18(12-15)28-14-27-17/h1-7,12-13H,8-11,14H2,(H,22,23,24). The molecule has 28 heavy (non-hydrogen) atoms. The van der Waals surface area contributed by atoms with E-state index in [0.717, 1.165) is 43.4 Å². The van der Waals surface area contributed by atoms with Crippen molar-refractivity contribution in [3.05, 3.63) is 54.7 Å². The Morgan fingerprint density at radius 1 is 0.857 bits per heavy atom. The maximum absolute atomic E-state index is 5.41. The van der Waals surface area contributed by atoms with Crippen LogP contribution in [0.4, 0.5) is 23.1 Å². The second kappa shape index (κ2) is 7.22. The van der Waals surface area contributed by atoms with Crippen molar-refractivity contribution in [2.75, 3.05) is 48.1 Å². The van der Waals surface area contributed by atoms with Gasteiger partial charge in [0, 0.05) is 43.6 Å². The van der Waals surface area contributed by atoms with Gasteiger partial charge in [-0.25, -0.2) is 0 Å². The number of nitrogens with one attached hydrogen (secondary N) is 1. The van der Waals surface area contributed by atoms with E-state index in [4.69, 9.17) is 9.47 Å². The second-order valence-electron chi connectivity index (χ2n) is 6.64. The first kappa shape index (κ1) is 16.6. The Kier molecular flexibility index (Phi) is 4.29. The third-order valence-corrected chi connectivity index (χ3v) is 4.90. The smallest absolute Gasteiger partial charge is 0.249 e. The van der Waals surface area contributed by atoms with E-state index in [1.165, 1.54) is 5.69 Å². The first-order valence-electron chi connectivity index (χ1n) is 9.26. The van der Waals surface area contributed by atoms with Crippen molar-refractivity contribution in [3.63, 3.8) is 0 Å². The molecule has 0 bridgehead atoms. The van der Waals surface area contributed by atoms with Gasteiger partial charge in [-0.3, -0.25) is 0 Å². The van der Waals surface area contributed by atoms with Crippen LogP contribution in [-0.2, 0) is 0 Å². The molecule has 8 nitrogen and oxygen atoms in total. The van der Waals surface area contributed by atoms with Crippen molar-refractivity contribution in [2.24, 2.45) is 0 Å². The Hall–Kier alpha value is -3.55. The summed E-state index contributed by atoms with van der Waals surface area (Å²) in [4.78, 5) is 9.25. The lowest BCUT2D eigenvalue weighted by atomic mass is 10.2. The first-order valence-corrected chi connectivity index (χ1v) is 9.26. The molecule has 2 aliphatic rings. The molecular weight excluding hydrogens is 356 g/mol. The van der Waals surface area contributed by atoms with Crippen molar-refractivity contribution in [3.8, 4) is 11.5 Å². The minimum absolute atomic E-state index is 0.251. The number of rotatable bonds is 4. The van der Waals surface area contributed by atoms with E-state index in [1.54, 1.807) is 6.20 Å². The van der Waals surface area contributed by atoms with E-state index in [2.05, 4.69) is 54.6 Å². The number of hydrogen-bond acceptors (Lipinski definition) is 8. The van der Waals surface area contributed by atoms with Gasteiger partial charge in [-0.2, -0.15) is 10.1 Å². The lowest BCUT2D eigenvalue weighted by Gasteiger charge is -2.36. The molecule has 142 valence electrons. The largest absolute Gasteiger partial charge is 0.454 e. The van der Waals surface area contributed by atoms with Gasteiger partial charge in [0.2, 0.25) is 12.7 Å². The number of hydrogen-bond donors (Lipinski definition) is 1. The summed E-state index contributed by atoms with van der Waals surface area (Å²) in [5, 5.41) is 11.4. The third-order valence-electron chi connectivity index (χ3n) is 4.90. The van der Waals surface area contributed by atoms with E-state index in [1.807, 2.05) is 24.3 Å². The van der Waals surface area contributed by atoms with Gasteiger partial charge in [0.05, 0.1) is 6.20 Å². The van der Waals surface area contributed by atoms with Crippen molar-refractivity contribution >= 4 is 23.1 Å². The van der Waals surface area contributed by atoms with Gasteiger partial charge in [0.15, 0.2) is 17.3 Å². The highest BCUT2D eigenvalue weighted by molar-refractivity contribution is 5.61. The molecule has 0 aliphatic carbocycles. The van der Waals surface area contributed by atoms with Gasteiger partial charge in [-0.05, 0) is 24.3 Å². The molecule has 0 atom stereocenters. The molecule has 1 aromatic heterocycles. The number of nitrogens with zero attached hydrogens (tertiary/aromatic N) is 5. The topological polar surface area (TPSA) is 75.6 Å². The van der Waals surface area contributed by atoms with Gasteiger partial charge in [-0.15, -0.1) is 5.10 Å². The molecule has 2 aromatic carbocycles. The number of para-hydroxylation sites is 1. The molecular formula is C20H20N6O2. The molecule has 1 N–H and O–H groups in total. The summed E-state index contributed by atoms with van der Waals surface area (Å²) in [7, 11) is 0. The predicted molar refractivity (Wildman–Crippen MR) is 107 cm³/mol. The maximum Gasteiger partial charge on any atom is 0.249 e. The minimum Gasteiger partial charge on any atom is -0.454 e. The van der Waals surface area contributed by atoms with Crippen LogP contribution in [0.2, 0.25) is 0 Å². The number of aromatic nitrogens is 3. The maximum atomic E-state index is 5.41. The summed E-state index contributed by atoms with van der Waals surface area (Å²) >= 11 is 0. The summed E-state index contributed by atoms with van der Waals surface area (Å²) in [6, 6.07) is 16.1. The molecule has 2 aliphatic heterocycles. The molecule has 5 rings (SSSR count). The van der Waals surface area contributed by atoms with Gasteiger partial charge < -0.3 is 24.6 Å². The second-order valence-corrected chi connectivity index (χ2v) is 6.64. The summed E-state index contributed by atoms with van der Waals surface area (Å²) in [5.74, 6) is 2.74. The molecule has 3 aromatic rings. The van der Waals surface area contributed by atoms with Crippen LogP contribution in [-0.4, -0.2) is 48.2 Å². The fourth-order valence-corrected chi connectivity index (χ4v) is 3.44. The van der Waals surface area contributed by atoms with Gasteiger partial charge in [0.25, 0.3) is 0 Å². The summed E-state index contributed by atoms with van der Waals surface area (Å²) in [6.07, 6.45) is 1.71. The molecule has 8 heteroatoms. The molecule has 0 spiro atoms. The molecule has 3 heterocycles. The van der Waals surface area contributed by atoms with Crippen LogP contribution in [0.3, 0.4) is 0 Å². The van der Waals surface area contributed by atoms with E-state index in [-0.39, 0.29) is 6.79 Å². The molecule has 1 saturated heterocycles. The lowest BCUT2D eigenvalue weighted by Crippen LogP contribution is -2.46. The van der Waals surface area contributed by atoms with E-state index in [9.17, 15) is 0 Å². The van der Waals surface area contributed by atoms with E-state index in [0.29, 0.717) is 11.7 Å². The molecule has 0 amide bonds. The minimum atomic E-state index is 0.251. The average Bonchev–Trinajstić information content (AvgIpc) is 3.23. The number of fused-ring (bicyclic) bond motifs is 1. The zero-order chi connectivity index (χ0) is 18.8. The van der Waals surface area contributed by atoms with Crippen LogP contribution >= 0.6 is 0 Å². The van der Waals surface area contributed by atoms with Crippen LogP contribution < -0.4 is 24.6 Å². The number of ether oxygens (including phenoxy) is 2. The third kappa shape index (κ3) is 3.36. The normalized spacial score (nSPS) is 15.6. The van der Waals surface area contributed by atoms with Crippen LogP contribution in [0.1, 0.15) is 0 Å². The highest BCUT2D eigenvalue weighted by Crippen LogP contribution is 2.34. The number of piperazine rings is 1. The summed E-state index contributed by atoms with van der Waals surface area (Å²) < 4.78 is 10.7. The van der Waals surface area contributed by atoms with Crippen LogP contribution in [0.15, 0.2) is 54.7 Å². The highest BCUT2D eigenvalue weighted by atomic mass is 16.7. The Morgan fingerprint density at radius 2 is 1.64 bits per heavy atom. The Balaban J connectivity index is 1.26. The fourth-order valence-electron chi connectivity index (χ4n) is 3.44. The zero-order valence-electron chi connectivity index (χ0n) is 15.3. The average molecular weight is 376 g/mol. The van der Waals surface area contributed by atoms with Crippen LogP contribution in [0.5, 0.6) is 11.5 Å². The monoisotopic (exact) mass is 376 g/mol. The summed E-state index contributed by atoms with van der Waals surface area (Å²) in [5.41, 5.74) is 2.09. The molecule has 1 fully saturated rings.